The number of rotatable bonds is 13. The number of aliphatic hydroxyl groups excluding tert-OH is 1. The molecule has 0 unspecified atom stereocenters. The van der Waals surface area contributed by atoms with Crippen molar-refractivity contribution in [1.82, 2.24) is 0 Å². The summed E-state index contributed by atoms with van der Waals surface area (Å²) in [6.07, 6.45) is 3.10. The summed E-state index contributed by atoms with van der Waals surface area (Å²) in [4.78, 5) is 23.1. The van der Waals surface area contributed by atoms with Gasteiger partial charge in [-0.1, -0.05) is 20.3 Å². The van der Waals surface area contributed by atoms with E-state index in [9.17, 15) is 19.8 Å². The molecule has 0 radical (unpaired) electrons. The highest BCUT2D eigenvalue weighted by Gasteiger charge is 2.25. The maximum absolute atomic E-state index is 11.8. The lowest BCUT2D eigenvalue weighted by molar-refractivity contribution is -0.161. The third-order valence-corrected chi connectivity index (χ3v) is 4.16. The van der Waals surface area contributed by atoms with E-state index in [0.717, 1.165) is 25.7 Å². The second kappa shape index (κ2) is 12.3. The number of aliphatic carboxylic acids is 1. The second-order valence-corrected chi connectivity index (χ2v) is 8.51. The summed E-state index contributed by atoms with van der Waals surface area (Å²) >= 11 is 0. The first-order chi connectivity index (χ1) is 11.9. The van der Waals surface area contributed by atoms with Crippen LogP contribution in [0.2, 0.25) is 0 Å². The topological polar surface area (TPSA) is 93.1 Å². The zero-order valence-electron chi connectivity index (χ0n) is 17.3. The summed E-state index contributed by atoms with van der Waals surface area (Å²) in [5, 5.41) is 19.1. The highest BCUT2D eigenvalue weighted by molar-refractivity contribution is 5.79. The van der Waals surface area contributed by atoms with Crippen molar-refractivity contribution in [2.24, 2.45) is 17.8 Å². The maximum atomic E-state index is 11.8. The molecular formula is C20H38O6. The van der Waals surface area contributed by atoms with E-state index in [1.165, 1.54) is 0 Å². The quantitative estimate of drug-likeness (QED) is 0.377. The lowest BCUT2D eigenvalue weighted by Gasteiger charge is -2.22. The Morgan fingerprint density at radius 2 is 1.65 bits per heavy atom. The van der Waals surface area contributed by atoms with Crippen LogP contribution in [0.1, 0.15) is 73.6 Å². The van der Waals surface area contributed by atoms with Crippen molar-refractivity contribution in [2.75, 3.05) is 13.2 Å². The van der Waals surface area contributed by atoms with Crippen molar-refractivity contribution < 1.29 is 29.3 Å². The first-order valence-corrected chi connectivity index (χ1v) is 9.62. The monoisotopic (exact) mass is 374 g/mol. The van der Waals surface area contributed by atoms with Crippen LogP contribution in [-0.4, -0.2) is 47.1 Å². The van der Waals surface area contributed by atoms with Crippen LogP contribution < -0.4 is 0 Å². The molecule has 6 nitrogen and oxygen atoms in total. The van der Waals surface area contributed by atoms with Gasteiger partial charge in [-0.3, -0.25) is 9.59 Å². The fourth-order valence-corrected chi connectivity index (χ4v) is 2.65. The number of carbonyl (C=O) groups is 2. The number of carboxylic acids is 1. The first-order valence-electron chi connectivity index (χ1n) is 9.62. The molecular weight excluding hydrogens is 336 g/mol. The van der Waals surface area contributed by atoms with Crippen molar-refractivity contribution in [3.63, 3.8) is 0 Å². The Balaban J connectivity index is 4.19. The smallest absolute Gasteiger partial charge is 0.309 e. The molecule has 0 aromatic carbocycles. The normalized spacial score (nSPS) is 15.5. The van der Waals surface area contributed by atoms with Gasteiger partial charge in [-0.05, 0) is 58.8 Å². The SMILES string of the molecule is CC(C)CC[C@H](CCCOC[C@H](CC(=O)OC(C)(C)C)C(=O)O)[C@H](C)O. The molecule has 0 heterocycles. The Kier molecular flexibility index (Phi) is 11.7. The van der Waals surface area contributed by atoms with Crippen LogP contribution in [0.25, 0.3) is 0 Å². The van der Waals surface area contributed by atoms with E-state index < -0.39 is 23.5 Å². The number of carbonyl (C=O) groups excluding carboxylic acids is 1. The molecule has 0 aromatic heterocycles. The largest absolute Gasteiger partial charge is 0.481 e. The molecule has 0 aliphatic heterocycles. The van der Waals surface area contributed by atoms with Gasteiger partial charge in [0.15, 0.2) is 0 Å². The highest BCUT2D eigenvalue weighted by Crippen LogP contribution is 2.21. The summed E-state index contributed by atoms with van der Waals surface area (Å²) in [5.74, 6) is -1.65. The number of esters is 1. The number of ether oxygens (including phenoxy) is 2. The summed E-state index contributed by atoms with van der Waals surface area (Å²) < 4.78 is 10.6. The Labute approximate surface area is 158 Å². The third-order valence-electron chi connectivity index (χ3n) is 4.16. The van der Waals surface area contributed by atoms with E-state index in [-0.39, 0.29) is 25.0 Å². The van der Waals surface area contributed by atoms with E-state index >= 15 is 0 Å². The minimum atomic E-state index is -1.06. The van der Waals surface area contributed by atoms with Gasteiger partial charge in [-0.25, -0.2) is 0 Å². The van der Waals surface area contributed by atoms with Crippen LogP contribution in [-0.2, 0) is 19.1 Å². The van der Waals surface area contributed by atoms with Gasteiger partial charge in [0, 0.05) is 6.61 Å². The molecule has 6 heteroatoms. The van der Waals surface area contributed by atoms with Gasteiger partial charge in [0.1, 0.15) is 5.60 Å². The highest BCUT2D eigenvalue weighted by atomic mass is 16.6. The molecule has 0 aliphatic rings. The minimum absolute atomic E-state index is 0.0140. The number of carboxylic acid groups (broad SMARTS) is 1. The van der Waals surface area contributed by atoms with Gasteiger partial charge < -0.3 is 19.7 Å². The van der Waals surface area contributed by atoms with Gasteiger partial charge in [-0.2, -0.15) is 0 Å². The summed E-state index contributed by atoms with van der Waals surface area (Å²) in [6.45, 7) is 11.8. The fourth-order valence-electron chi connectivity index (χ4n) is 2.65. The maximum Gasteiger partial charge on any atom is 0.309 e. The van der Waals surface area contributed by atoms with Crippen LogP contribution in [0.5, 0.6) is 0 Å². The molecule has 26 heavy (non-hydrogen) atoms. The van der Waals surface area contributed by atoms with Gasteiger partial charge in [-0.15, -0.1) is 0 Å². The second-order valence-electron chi connectivity index (χ2n) is 8.51. The molecule has 0 aliphatic carbocycles. The van der Waals surface area contributed by atoms with Crippen LogP contribution in [0.15, 0.2) is 0 Å². The Bertz CT molecular complexity index is 411. The van der Waals surface area contributed by atoms with Crippen LogP contribution in [0.3, 0.4) is 0 Å². The van der Waals surface area contributed by atoms with E-state index in [4.69, 9.17) is 9.47 Å². The van der Waals surface area contributed by atoms with E-state index in [1.54, 1.807) is 20.8 Å². The summed E-state index contributed by atoms with van der Waals surface area (Å²) in [6, 6.07) is 0. The average molecular weight is 375 g/mol. The molecule has 154 valence electrons. The molecule has 0 bridgehead atoms. The number of hydrogen-bond acceptors (Lipinski definition) is 5. The molecule has 2 N–H and O–H groups in total. The lowest BCUT2D eigenvalue weighted by Crippen LogP contribution is -2.29. The third kappa shape index (κ3) is 13.1. The van der Waals surface area contributed by atoms with Gasteiger partial charge in [0.25, 0.3) is 0 Å². The van der Waals surface area contributed by atoms with E-state index in [2.05, 4.69) is 13.8 Å². The Morgan fingerprint density at radius 3 is 2.12 bits per heavy atom. The predicted octanol–water partition coefficient (Wildman–Crippen LogP) is 3.65. The molecule has 0 fully saturated rings. The van der Waals surface area contributed by atoms with Crippen molar-refractivity contribution in [3.05, 3.63) is 0 Å². The average Bonchev–Trinajstić information content (AvgIpc) is 2.45. The number of aliphatic hydroxyl groups is 1. The molecule has 0 saturated carbocycles. The zero-order chi connectivity index (χ0) is 20.3. The first kappa shape index (κ1) is 24.9. The van der Waals surface area contributed by atoms with Crippen molar-refractivity contribution >= 4 is 11.9 Å². The summed E-state index contributed by atoms with van der Waals surface area (Å²) in [5.41, 5.74) is -0.632. The van der Waals surface area contributed by atoms with E-state index in [0.29, 0.717) is 12.5 Å². The zero-order valence-corrected chi connectivity index (χ0v) is 17.3. The molecule has 0 aromatic rings. The van der Waals surface area contributed by atoms with Gasteiger partial charge in [0.2, 0.25) is 0 Å². The molecule has 0 amide bonds. The predicted molar refractivity (Wildman–Crippen MR) is 101 cm³/mol. The fraction of sp³-hybridized carbons (Fsp3) is 0.900. The summed E-state index contributed by atoms with van der Waals surface area (Å²) in [7, 11) is 0. The van der Waals surface area contributed by atoms with Crippen LogP contribution >= 0.6 is 0 Å². The van der Waals surface area contributed by atoms with Gasteiger partial charge >= 0.3 is 11.9 Å². The van der Waals surface area contributed by atoms with Crippen molar-refractivity contribution in [3.8, 4) is 0 Å². The van der Waals surface area contributed by atoms with Gasteiger partial charge in [0.05, 0.1) is 25.0 Å². The Hall–Kier alpha value is -1.14. The molecule has 0 rings (SSSR count). The number of hydrogen-bond donors (Lipinski definition) is 2. The molecule has 0 spiro atoms. The minimum Gasteiger partial charge on any atom is -0.481 e. The van der Waals surface area contributed by atoms with Crippen LogP contribution in [0, 0.1) is 17.8 Å². The standard InChI is InChI=1S/C20H38O6/c1-14(2)9-10-16(15(3)21)8-7-11-25-13-17(19(23)24)12-18(22)26-20(4,5)6/h14-17,21H,7-13H2,1-6H3,(H,23,24)/t15-,16-,17-/m0/s1. The van der Waals surface area contributed by atoms with Crippen molar-refractivity contribution in [2.45, 2.75) is 85.4 Å². The Morgan fingerprint density at radius 1 is 1.04 bits per heavy atom. The van der Waals surface area contributed by atoms with E-state index in [1.807, 2.05) is 6.92 Å². The van der Waals surface area contributed by atoms with Crippen molar-refractivity contribution in [1.29, 1.82) is 0 Å². The van der Waals surface area contributed by atoms with Crippen LogP contribution in [0.4, 0.5) is 0 Å². The lowest BCUT2D eigenvalue weighted by atomic mass is 9.90. The molecule has 3 atom stereocenters. The molecule has 0 saturated heterocycles.